The third kappa shape index (κ3) is 4.86. The van der Waals surface area contributed by atoms with E-state index in [-0.39, 0.29) is 17.5 Å². The Morgan fingerprint density at radius 3 is 2.43 bits per heavy atom. The predicted molar refractivity (Wildman–Crippen MR) is 94.1 cm³/mol. The first-order valence-electron chi connectivity index (χ1n) is 8.25. The summed E-state index contributed by atoms with van der Waals surface area (Å²) in [6, 6.07) is 8.04. The number of carbonyl (C=O) groups is 1. The maximum absolute atomic E-state index is 12.3. The van der Waals surface area contributed by atoms with Crippen LogP contribution in [0.3, 0.4) is 0 Å². The summed E-state index contributed by atoms with van der Waals surface area (Å²) in [5, 5.41) is 3.06. The van der Waals surface area contributed by atoms with Gasteiger partial charge in [0.15, 0.2) is 0 Å². The SMILES string of the molecule is COc1cccc(N2CCN(C(C)C(=O)NC(C)(C)C)CC2)c1. The number of nitrogens with one attached hydrogen (secondary N) is 1. The van der Waals surface area contributed by atoms with Gasteiger partial charge in [-0.25, -0.2) is 0 Å². The first-order valence-corrected chi connectivity index (χ1v) is 8.25. The summed E-state index contributed by atoms with van der Waals surface area (Å²) in [4.78, 5) is 16.9. The Kier molecular flexibility index (Phi) is 5.52. The number of ether oxygens (including phenoxy) is 1. The van der Waals surface area contributed by atoms with Crippen molar-refractivity contribution in [2.75, 3.05) is 38.2 Å². The van der Waals surface area contributed by atoms with Gasteiger partial charge in [0, 0.05) is 43.5 Å². The van der Waals surface area contributed by atoms with E-state index in [1.807, 2.05) is 39.8 Å². The van der Waals surface area contributed by atoms with Crippen LogP contribution in [-0.4, -0.2) is 55.7 Å². The average Bonchev–Trinajstić information content (AvgIpc) is 2.53. The summed E-state index contributed by atoms with van der Waals surface area (Å²) < 4.78 is 5.29. The number of hydrogen-bond donors (Lipinski definition) is 1. The molecule has 1 saturated heterocycles. The van der Waals surface area contributed by atoms with E-state index in [1.54, 1.807) is 7.11 Å². The molecule has 0 aromatic heterocycles. The van der Waals surface area contributed by atoms with Crippen LogP contribution in [0.15, 0.2) is 24.3 Å². The molecule has 1 aliphatic heterocycles. The number of benzene rings is 1. The highest BCUT2D eigenvalue weighted by Gasteiger charge is 2.27. The molecule has 1 unspecified atom stereocenters. The molecule has 1 fully saturated rings. The lowest BCUT2D eigenvalue weighted by Crippen LogP contribution is -2.56. The lowest BCUT2D eigenvalue weighted by molar-refractivity contribution is -0.127. The van der Waals surface area contributed by atoms with E-state index >= 15 is 0 Å². The number of hydrogen-bond acceptors (Lipinski definition) is 4. The molecule has 0 radical (unpaired) electrons. The highest BCUT2D eigenvalue weighted by molar-refractivity contribution is 5.82. The molecule has 1 atom stereocenters. The number of piperazine rings is 1. The summed E-state index contributed by atoms with van der Waals surface area (Å²) in [6.45, 7) is 11.6. The molecule has 1 aliphatic rings. The second-order valence-corrected chi connectivity index (χ2v) is 7.14. The number of nitrogens with zero attached hydrogens (tertiary/aromatic N) is 2. The number of amides is 1. The zero-order chi connectivity index (χ0) is 17.0. The van der Waals surface area contributed by atoms with Crippen LogP contribution in [0.2, 0.25) is 0 Å². The van der Waals surface area contributed by atoms with Crippen molar-refractivity contribution in [2.45, 2.75) is 39.3 Å². The van der Waals surface area contributed by atoms with Crippen molar-refractivity contribution in [3.8, 4) is 5.75 Å². The maximum Gasteiger partial charge on any atom is 0.237 e. The van der Waals surface area contributed by atoms with Crippen molar-refractivity contribution < 1.29 is 9.53 Å². The minimum absolute atomic E-state index is 0.0957. The molecule has 1 heterocycles. The molecular formula is C18H29N3O2. The van der Waals surface area contributed by atoms with Crippen LogP contribution in [0.4, 0.5) is 5.69 Å². The first kappa shape index (κ1) is 17.6. The second-order valence-electron chi connectivity index (χ2n) is 7.14. The summed E-state index contributed by atoms with van der Waals surface area (Å²) in [7, 11) is 1.69. The lowest BCUT2D eigenvalue weighted by Gasteiger charge is -2.39. The van der Waals surface area contributed by atoms with Crippen molar-refractivity contribution in [2.24, 2.45) is 0 Å². The minimum atomic E-state index is -0.187. The Morgan fingerprint density at radius 2 is 1.87 bits per heavy atom. The van der Waals surface area contributed by atoms with Crippen molar-refractivity contribution in [3.05, 3.63) is 24.3 Å². The predicted octanol–water partition coefficient (Wildman–Crippen LogP) is 2.12. The van der Waals surface area contributed by atoms with Gasteiger partial charge in [-0.3, -0.25) is 9.69 Å². The Hall–Kier alpha value is -1.75. The highest BCUT2D eigenvalue weighted by atomic mass is 16.5. The third-order valence-corrected chi connectivity index (χ3v) is 4.16. The summed E-state index contributed by atoms with van der Waals surface area (Å²) in [5.41, 5.74) is 0.990. The average molecular weight is 319 g/mol. The van der Waals surface area contributed by atoms with Crippen molar-refractivity contribution >= 4 is 11.6 Å². The number of rotatable bonds is 4. The molecule has 0 aliphatic carbocycles. The Balaban J connectivity index is 1.91. The summed E-state index contributed by atoms with van der Waals surface area (Å²) >= 11 is 0. The van der Waals surface area contributed by atoms with E-state index < -0.39 is 0 Å². The number of anilines is 1. The molecular weight excluding hydrogens is 290 g/mol. The van der Waals surface area contributed by atoms with Gasteiger partial charge < -0.3 is 15.0 Å². The fourth-order valence-electron chi connectivity index (χ4n) is 2.81. The Morgan fingerprint density at radius 1 is 1.22 bits per heavy atom. The van der Waals surface area contributed by atoms with Crippen molar-refractivity contribution in [1.82, 2.24) is 10.2 Å². The topological polar surface area (TPSA) is 44.8 Å². The molecule has 5 nitrogen and oxygen atoms in total. The van der Waals surface area contributed by atoms with Crippen molar-refractivity contribution in [3.63, 3.8) is 0 Å². The van der Waals surface area contributed by atoms with Crippen LogP contribution in [0.25, 0.3) is 0 Å². The smallest absolute Gasteiger partial charge is 0.237 e. The van der Waals surface area contributed by atoms with Crippen LogP contribution < -0.4 is 15.0 Å². The quantitative estimate of drug-likeness (QED) is 0.923. The minimum Gasteiger partial charge on any atom is -0.497 e. The van der Waals surface area contributed by atoms with E-state index in [0.717, 1.165) is 31.9 Å². The summed E-state index contributed by atoms with van der Waals surface area (Å²) in [6.07, 6.45) is 0. The van der Waals surface area contributed by atoms with Gasteiger partial charge in [-0.15, -0.1) is 0 Å². The third-order valence-electron chi connectivity index (χ3n) is 4.16. The standard InChI is InChI=1S/C18H29N3O2/c1-14(17(22)19-18(2,3)4)20-9-11-21(12-10-20)15-7-6-8-16(13-15)23-5/h6-8,13-14H,9-12H2,1-5H3,(H,19,22). The van der Waals surface area contributed by atoms with E-state index in [1.165, 1.54) is 5.69 Å². The number of methoxy groups -OCH3 is 1. The molecule has 1 amide bonds. The van der Waals surface area contributed by atoms with Gasteiger partial charge in [-0.05, 0) is 39.8 Å². The van der Waals surface area contributed by atoms with Crippen LogP contribution in [0, 0.1) is 0 Å². The van der Waals surface area contributed by atoms with E-state index in [0.29, 0.717) is 0 Å². The van der Waals surface area contributed by atoms with Gasteiger partial charge in [0.2, 0.25) is 5.91 Å². The van der Waals surface area contributed by atoms with Crippen LogP contribution in [0.5, 0.6) is 5.75 Å². The lowest BCUT2D eigenvalue weighted by atomic mass is 10.1. The molecule has 2 rings (SSSR count). The van der Waals surface area contributed by atoms with E-state index in [9.17, 15) is 4.79 Å². The maximum atomic E-state index is 12.3. The zero-order valence-corrected chi connectivity index (χ0v) is 14.9. The van der Waals surface area contributed by atoms with Gasteiger partial charge in [-0.2, -0.15) is 0 Å². The largest absolute Gasteiger partial charge is 0.497 e. The highest BCUT2D eigenvalue weighted by Crippen LogP contribution is 2.22. The van der Waals surface area contributed by atoms with Crippen LogP contribution in [-0.2, 0) is 4.79 Å². The first-order chi connectivity index (χ1) is 10.8. The normalized spacial score (nSPS) is 17.7. The molecule has 1 N–H and O–H groups in total. The molecule has 1 aromatic rings. The van der Waals surface area contributed by atoms with Gasteiger partial charge >= 0.3 is 0 Å². The molecule has 5 heteroatoms. The molecule has 0 saturated carbocycles. The van der Waals surface area contributed by atoms with E-state index in [2.05, 4.69) is 27.2 Å². The van der Waals surface area contributed by atoms with Crippen LogP contribution >= 0.6 is 0 Å². The molecule has 23 heavy (non-hydrogen) atoms. The zero-order valence-electron chi connectivity index (χ0n) is 14.9. The fourth-order valence-corrected chi connectivity index (χ4v) is 2.81. The van der Waals surface area contributed by atoms with Gasteiger partial charge in [-0.1, -0.05) is 6.07 Å². The number of carbonyl (C=O) groups excluding carboxylic acids is 1. The van der Waals surface area contributed by atoms with E-state index in [4.69, 9.17) is 4.74 Å². The van der Waals surface area contributed by atoms with Gasteiger partial charge in [0.25, 0.3) is 0 Å². The fraction of sp³-hybridized carbons (Fsp3) is 0.611. The molecule has 0 spiro atoms. The van der Waals surface area contributed by atoms with Crippen molar-refractivity contribution in [1.29, 1.82) is 0 Å². The van der Waals surface area contributed by atoms with Crippen LogP contribution in [0.1, 0.15) is 27.7 Å². The molecule has 1 aromatic carbocycles. The van der Waals surface area contributed by atoms with Gasteiger partial charge in [0.1, 0.15) is 5.75 Å². The Bertz CT molecular complexity index is 531. The molecule has 128 valence electrons. The Labute approximate surface area is 139 Å². The monoisotopic (exact) mass is 319 g/mol. The second kappa shape index (κ2) is 7.21. The molecule has 0 bridgehead atoms. The summed E-state index contributed by atoms with van der Waals surface area (Å²) in [5.74, 6) is 0.982. The van der Waals surface area contributed by atoms with Gasteiger partial charge in [0.05, 0.1) is 13.2 Å².